The molecule has 102 valence electrons. The third-order valence-corrected chi connectivity index (χ3v) is 4.41. The number of sulfonamides is 1. The van der Waals surface area contributed by atoms with Crippen molar-refractivity contribution in [2.24, 2.45) is 0 Å². The Labute approximate surface area is 116 Å². The van der Waals surface area contributed by atoms with Gasteiger partial charge in [0.2, 0.25) is 0 Å². The number of hydrogen-bond acceptors (Lipinski definition) is 5. The SMILES string of the molecule is CCNCc1ccc(S(=O)(=O)Nc2ccsc2)nc1. The first kappa shape index (κ1) is 14.0. The van der Waals surface area contributed by atoms with Gasteiger partial charge < -0.3 is 5.32 Å². The molecule has 0 saturated heterocycles. The minimum absolute atomic E-state index is 0.0268. The van der Waals surface area contributed by atoms with E-state index >= 15 is 0 Å². The van der Waals surface area contributed by atoms with Crippen LogP contribution in [0.15, 0.2) is 40.2 Å². The molecule has 5 nitrogen and oxygen atoms in total. The lowest BCUT2D eigenvalue weighted by Gasteiger charge is -2.06. The lowest BCUT2D eigenvalue weighted by Crippen LogP contribution is -2.15. The smallest absolute Gasteiger partial charge is 0.279 e. The summed E-state index contributed by atoms with van der Waals surface area (Å²) in [7, 11) is -3.60. The van der Waals surface area contributed by atoms with Gasteiger partial charge in [0.05, 0.1) is 5.69 Å². The molecule has 0 unspecified atom stereocenters. The highest BCUT2D eigenvalue weighted by molar-refractivity contribution is 7.92. The van der Waals surface area contributed by atoms with Gasteiger partial charge in [0.1, 0.15) is 0 Å². The van der Waals surface area contributed by atoms with Crippen LogP contribution in [0.2, 0.25) is 0 Å². The van der Waals surface area contributed by atoms with Gasteiger partial charge in [-0.15, -0.1) is 0 Å². The Kier molecular flexibility index (Phi) is 4.52. The van der Waals surface area contributed by atoms with Gasteiger partial charge in [0.25, 0.3) is 10.0 Å². The van der Waals surface area contributed by atoms with Crippen molar-refractivity contribution in [3.63, 3.8) is 0 Å². The summed E-state index contributed by atoms with van der Waals surface area (Å²) in [6, 6.07) is 4.99. The number of hydrogen-bond donors (Lipinski definition) is 2. The predicted octanol–water partition coefficient (Wildman–Crippen LogP) is 2.05. The Morgan fingerprint density at radius 1 is 1.32 bits per heavy atom. The van der Waals surface area contributed by atoms with Gasteiger partial charge in [0, 0.05) is 18.1 Å². The molecule has 2 N–H and O–H groups in total. The summed E-state index contributed by atoms with van der Waals surface area (Å²) in [5.41, 5.74) is 1.51. The molecule has 0 spiro atoms. The maximum Gasteiger partial charge on any atom is 0.279 e. The molecule has 0 bridgehead atoms. The van der Waals surface area contributed by atoms with Crippen molar-refractivity contribution in [1.29, 1.82) is 0 Å². The van der Waals surface area contributed by atoms with E-state index in [0.29, 0.717) is 12.2 Å². The quantitative estimate of drug-likeness (QED) is 0.856. The second kappa shape index (κ2) is 6.14. The van der Waals surface area contributed by atoms with Crippen molar-refractivity contribution in [2.45, 2.75) is 18.5 Å². The maximum atomic E-state index is 12.0. The third-order valence-electron chi connectivity index (χ3n) is 2.43. The van der Waals surface area contributed by atoms with Crippen molar-refractivity contribution in [1.82, 2.24) is 10.3 Å². The van der Waals surface area contributed by atoms with Crippen LogP contribution in [0.1, 0.15) is 12.5 Å². The fraction of sp³-hybridized carbons (Fsp3) is 0.250. The van der Waals surface area contributed by atoms with E-state index in [9.17, 15) is 8.42 Å². The lowest BCUT2D eigenvalue weighted by atomic mass is 10.3. The van der Waals surface area contributed by atoms with E-state index < -0.39 is 10.0 Å². The molecule has 2 aromatic rings. The van der Waals surface area contributed by atoms with Crippen molar-refractivity contribution >= 4 is 27.0 Å². The average molecular weight is 297 g/mol. The summed E-state index contributed by atoms with van der Waals surface area (Å²) in [5, 5.41) is 6.73. The van der Waals surface area contributed by atoms with Crippen molar-refractivity contribution in [3.8, 4) is 0 Å². The van der Waals surface area contributed by atoms with Crippen LogP contribution in [-0.4, -0.2) is 19.9 Å². The molecule has 0 amide bonds. The second-order valence-electron chi connectivity index (χ2n) is 3.90. The Morgan fingerprint density at radius 2 is 2.16 bits per heavy atom. The van der Waals surface area contributed by atoms with Gasteiger partial charge >= 0.3 is 0 Å². The Hall–Kier alpha value is -1.44. The molecule has 0 aliphatic rings. The molecule has 0 radical (unpaired) electrons. The maximum absolute atomic E-state index is 12.0. The number of pyridine rings is 1. The van der Waals surface area contributed by atoms with Crippen LogP contribution in [-0.2, 0) is 16.6 Å². The van der Waals surface area contributed by atoms with Gasteiger partial charge in [-0.3, -0.25) is 4.72 Å². The number of nitrogens with one attached hydrogen (secondary N) is 2. The van der Waals surface area contributed by atoms with E-state index in [0.717, 1.165) is 12.1 Å². The summed E-state index contributed by atoms with van der Waals surface area (Å²) >= 11 is 1.43. The van der Waals surface area contributed by atoms with E-state index in [1.54, 1.807) is 23.7 Å². The number of thiophene rings is 1. The summed E-state index contributed by atoms with van der Waals surface area (Å²) in [6.07, 6.45) is 1.57. The molecular weight excluding hydrogens is 282 g/mol. The van der Waals surface area contributed by atoms with Crippen LogP contribution in [0.25, 0.3) is 0 Å². The fourth-order valence-electron chi connectivity index (χ4n) is 1.47. The Balaban J connectivity index is 2.12. The van der Waals surface area contributed by atoms with Gasteiger partial charge in [-0.05, 0) is 29.6 Å². The number of rotatable bonds is 6. The lowest BCUT2D eigenvalue weighted by molar-refractivity contribution is 0.597. The van der Waals surface area contributed by atoms with Gasteiger partial charge in [0.15, 0.2) is 5.03 Å². The highest BCUT2D eigenvalue weighted by Crippen LogP contribution is 2.17. The summed E-state index contributed by atoms with van der Waals surface area (Å²) in [4.78, 5) is 4.00. The van der Waals surface area contributed by atoms with Crippen LogP contribution in [0.3, 0.4) is 0 Å². The number of aromatic nitrogens is 1. The molecule has 0 aliphatic carbocycles. The average Bonchev–Trinajstić information content (AvgIpc) is 2.89. The Bertz CT molecular complexity index is 607. The topological polar surface area (TPSA) is 71.1 Å². The van der Waals surface area contributed by atoms with Crippen LogP contribution in [0, 0.1) is 0 Å². The molecular formula is C12H15N3O2S2. The standard InChI is InChI=1S/C12H15N3O2S2/c1-2-13-7-10-3-4-12(14-8-10)19(16,17)15-11-5-6-18-9-11/h3-6,8-9,13,15H,2,7H2,1H3. The summed E-state index contributed by atoms with van der Waals surface area (Å²) < 4.78 is 26.6. The monoisotopic (exact) mass is 297 g/mol. The second-order valence-corrected chi connectivity index (χ2v) is 6.31. The van der Waals surface area contributed by atoms with Crippen molar-refractivity contribution in [2.75, 3.05) is 11.3 Å². The van der Waals surface area contributed by atoms with Crippen LogP contribution in [0.5, 0.6) is 0 Å². The molecule has 19 heavy (non-hydrogen) atoms. The number of nitrogens with zero attached hydrogens (tertiary/aromatic N) is 1. The van der Waals surface area contributed by atoms with E-state index in [2.05, 4.69) is 15.0 Å². The van der Waals surface area contributed by atoms with Crippen molar-refractivity contribution < 1.29 is 8.42 Å². The van der Waals surface area contributed by atoms with Gasteiger partial charge in [-0.25, -0.2) is 4.98 Å². The predicted molar refractivity (Wildman–Crippen MR) is 76.7 cm³/mol. The highest BCUT2D eigenvalue weighted by Gasteiger charge is 2.15. The summed E-state index contributed by atoms with van der Waals surface area (Å²) in [6.45, 7) is 3.55. The molecule has 0 saturated carbocycles. The zero-order valence-corrected chi connectivity index (χ0v) is 12.1. The first-order valence-corrected chi connectivity index (χ1v) is 8.25. The molecule has 2 heterocycles. The first-order chi connectivity index (χ1) is 9.12. The van der Waals surface area contributed by atoms with Crippen LogP contribution in [0.4, 0.5) is 5.69 Å². The normalized spacial score (nSPS) is 11.4. The van der Waals surface area contributed by atoms with E-state index in [4.69, 9.17) is 0 Å². The zero-order chi connectivity index (χ0) is 13.7. The molecule has 0 aliphatic heterocycles. The van der Waals surface area contributed by atoms with Gasteiger partial charge in [-0.1, -0.05) is 13.0 Å². The zero-order valence-electron chi connectivity index (χ0n) is 10.5. The minimum atomic E-state index is -3.60. The summed E-state index contributed by atoms with van der Waals surface area (Å²) in [5.74, 6) is 0. The molecule has 7 heteroatoms. The van der Waals surface area contributed by atoms with Crippen LogP contribution < -0.4 is 10.0 Å². The number of anilines is 1. The molecule has 0 aromatic carbocycles. The molecule has 0 atom stereocenters. The van der Waals surface area contributed by atoms with Crippen molar-refractivity contribution in [3.05, 3.63) is 40.7 Å². The van der Waals surface area contributed by atoms with E-state index in [-0.39, 0.29) is 5.03 Å². The molecule has 2 aromatic heterocycles. The first-order valence-electron chi connectivity index (χ1n) is 5.82. The van der Waals surface area contributed by atoms with E-state index in [1.165, 1.54) is 17.4 Å². The largest absolute Gasteiger partial charge is 0.313 e. The molecule has 2 rings (SSSR count). The minimum Gasteiger partial charge on any atom is -0.313 e. The van der Waals surface area contributed by atoms with Gasteiger partial charge in [-0.2, -0.15) is 19.8 Å². The van der Waals surface area contributed by atoms with Crippen LogP contribution >= 0.6 is 11.3 Å². The van der Waals surface area contributed by atoms with E-state index in [1.807, 2.05) is 12.3 Å². The Morgan fingerprint density at radius 3 is 2.74 bits per heavy atom. The highest BCUT2D eigenvalue weighted by atomic mass is 32.2. The fourth-order valence-corrected chi connectivity index (χ4v) is 3.12. The third kappa shape index (κ3) is 3.76. The molecule has 0 fully saturated rings.